The Hall–Kier alpha value is -1.29. The number of aromatic nitrogens is 2. The standard InChI is InChI=1S/C13H13Cl2N3/c14-8-12(15)10-16-9-11-4-1-2-5-13(11)18-7-3-6-17-18/h1-8,16H,9-10H2. The molecule has 3 nitrogen and oxygen atoms in total. The van der Waals surface area contributed by atoms with E-state index < -0.39 is 0 Å². The highest BCUT2D eigenvalue weighted by molar-refractivity contribution is 6.36. The second kappa shape index (κ2) is 6.59. The molecule has 0 spiro atoms. The smallest absolute Gasteiger partial charge is 0.0690 e. The van der Waals surface area contributed by atoms with E-state index in [1.165, 1.54) is 5.54 Å². The molecule has 0 aliphatic heterocycles. The number of rotatable bonds is 5. The molecule has 18 heavy (non-hydrogen) atoms. The van der Waals surface area contributed by atoms with Gasteiger partial charge in [0.05, 0.1) is 5.69 Å². The number of halogens is 2. The Morgan fingerprint density at radius 2 is 2.17 bits per heavy atom. The van der Waals surface area contributed by atoms with Gasteiger partial charge in [-0.05, 0) is 17.7 Å². The highest BCUT2D eigenvalue weighted by Crippen LogP contribution is 2.13. The van der Waals surface area contributed by atoms with Crippen LogP contribution in [0, 0.1) is 0 Å². The first-order chi connectivity index (χ1) is 8.81. The number of hydrogen-bond acceptors (Lipinski definition) is 2. The van der Waals surface area contributed by atoms with Crippen molar-refractivity contribution in [2.75, 3.05) is 6.54 Å². The number of nitrogens with zero attached hydrogens (tertiary/aromatic N) is 2. The van der Waals surface area contributed by atoms with Crippen LogP contribution in [0.5, 0.6) is 0 Å². The molecule has 0 unspecified atom stereocenters. The average molecular weight is 282 g/mol. The number of hydrogen-bond donors (Lipinski definition) is 1. The third-order valence-corrected chi connectivity index (χ3v) is 3.09. The Bertz CT molecular complexity index is 521. The van der Waals surface area contributed by atoms with Crippen LogP contribution in [-0.2, 0) is 6.54 Å². The van der Waals surface area contributed by atoms with E-state index in [4.69, 9.17) is 23.2 Å². The Morgan fingerprint density at radius 1 is 1.33 bits per heavy atom. The van der Waals surface area contributed by atoms with E-state index in [1.807, 2.05) is 35.1 Å². The molecule has 0 saturated heterocycles. The summed E-state index contributed by atoms with van der Waals surface area (Å²) in [6.07, 6.45) is 3.68. The number of nitrogens with one attached hydrogen (secondary N) is 1. The van der Waals surface area contributed by atoms with Crippen molar-refractivity contribution in [3.63, 3.8) is 0 Å². The average Bonchev–Trinajstić information content (AvgIpc) is 2.93. The lowest BCUT2D eigenvalue weighted by atomic mass is 10.2. The molecule has 5 heteroatoms. The van der Waals surface area contributed by atoms with Crippen LogP contribution in [0.1, 0.15) is 5.56 Å². The molecule has 0 radical (unpaired) electrons. The van der Waals surface area contributed by atoms with E-state index in [-0.39, 0.29) is 0 Å². The molecule has 1 heterocycles. The first-order valence-corrected chi connectivity index (χ1v) is 6.36. The molecule has 0 amide bonds. The second-order valence-corrected chi connectivity index (χ2v) is 4.44. The Morgan fingerprint density at radius 3 is 2.89 bits per heavy atom. The van der Waals surface area contributed by atoms with Crippen LogP contribution in [0.15, 0.2) is 53.3 Å². The third-order valence-electron chi connectivity index (χ3n) is 2.47. The van der Waals surface area contributed by atoms with Crippen molar-refractivity contribution < 1.29 is 0 Å². The molecule has 0 aliphatic rings. The highest BCUT2D eigenvalue weighted by atomic mass is 35.5. The lowest BCUT2D eigenvalue weighted by Gasteiger charge is -2.10. The summed E-state index contributed by atoms with van der Waals surface area (Å²) in [5.41, 5.74) is 3.58. The Balaban J connectivity index is 2.09. The Kier molecular flexibility index (Phi) is 4.81. The van der Waals surface area contributed by atoms with Crippen LogP contribution in [0.4, 0.5) is 0 Å². The van der Waals surface area contributed by atoms with Crippen molar-refractivity contribution in [1.29, 1.82) is 0 Å². The molecule has 1 aromatic heterocycles. The number of benzene rings is 1. The molecule has 1 N–H and O–H groups in total. The van der Waals surface area contributed by atoms with E-state index in [9.17, 15) is 0 Å². The normalized spacial score (nSPS) is 11.8. The molecular weight excluding hydrogens is 269 g/mol. The van der Waals surface area contributed by atoms with Gasteiger partial charge in [-0.25, -0.2) is 4.68 Å². The maximum absolute atomic E-state index is 5.82. The molecule has 0 fully saturated rings. The minimum Gasteiger partial charge on any atom is -0.308 e. The summed E-state index contributed by atoms with van der Waals surface area (Å²) in [5, 5.41) is 8.06. The van der Waals surface area contributed by atoms with Gasteiger partial charge in [-0.3, -0.25) is 0 Å². The summed E-state index contributed by atoms with van der Waals surface area (Å²) in [6, 6.07) is 9.98. The van der Waals surface area contributed by atoms with E-state index >= 15 is 0 Å². The van der Waals surface area contributed by atoms with Crippen LogP contribution in [0.25, 0.3) is 5.69 Å². The van der Waals surface area contributed by atoms with Crippen molar-refractivity contribution in [2.45, 2.75) is 6.54 Å². The minimum atomic E-state index is 0.554. The summed E-state index contributed by atoms with van der Waals surface area (Å²) in [5.74, 6) is 0. The van der Waals surface area contributed by atoms with E-state index in [1.54, 1.807) is 6.20 Å². The Labute approximate surface area is 116 Å². The van der Waals surface area contributed by atoms with Gasteiger partial charge >= 0.3 is 0 Å². The van der Waals surface area contributed by atoms with Crippen molar-refractivity contribution in [3.05, 3.63) is 58.9 Å². The van der Waals surface area contributed by atoms with E-state index in [0.29, 0.717) is 18.1 Å². The molecule has 0 aliphatic carbocycles. The fraction of sp³-hybridized carbons (Fsp3) is 0.154. The van der Waals surface area contributed by atoms with Crippen LogP contribution in [-0.4, -0.2) is 16.3 Å². The molecule has 0 saturated carbocycles. The van der Waals surface area contributed by atoms with Crippen LogP contribution in [0.2, 0.25) is 0 Å². The monoisotopic (exact) mass is 281 g/mol. The van der Waals surface area contributed by atoms with Crippen LogP contribution in [0.3, 0.4) is 0 Å². The summed E-state index contributed by atoms with van der Waals surface area (Å²) >= 11 is 11.3. The lowest BCUT2D eigenvalue weighted by Crippen LogP contribution is -2.16. The second-order valence-electron chi connectivity index (χ2n) is 3.74. The van der Waals surface area contributed by atoms with Crippen molar-refractivity contribution in [1.82, 2.24) is 15.1 Å². The molecule has 2 aromatic rings. The van der Waals surface area contributed by atoms with Crippen molar-refractivity contribution >= 4 is 23.2 Å². The van der Waals surface area contributed by atoms with E-state index in [0.717, 1.165) is 11.3 Å². The molecule has 1 aromatic carbocycles. The first kappa shape index (κ1) is 13.1. The largest absolute Gasteiger partial charge is 0.308 e. The van der Waals surface area contributed by atoms with Crippen molar-refractivity contribution in [2.24, 2.45) is 0 Å². The minimum absolute atomic E-state index is 0.554. The maximum atomic E-state index is 5.82. The highest BCUT2D eigenvalue weighted by Gasteiger charge is 2.03. The quantitative estimate of drug-likeness (QED) is 0.912. The topological polar surface area (TPSA) is 29.9 Å². The third kappa shape index (κ3) is 3.35. The van der Waals surface area contributed by atoms with Gasteiger partial charge in [0.2, 0.25) is 0 Å². The van der Waals surface area contributed by atoms with Crippen LogP contribution >= 0.6 is 23.2 Å². The van der Waals surface area contributed by atoms with Gasteiger partial charge in [0, 0.05) is 36.1 Å². The zero-order chi connectivity index (χ0) is 12.8. The van der Waals surface area contributed by atoms with Gasteiger partial charge in [0.15, 0.2) is 0 Å². The van der Waals surface area contributed by atoms with Gasteiger partial charge in [-0.2, -0.15) is 5.10 Å². The fourth-order valence-electron chi connectivity index (χ4n) is 1.65. The first-order valence-electron chi connectivity index (χ1n) is 5.54. The molecule has 0 atom stereocenters. The number of para-hydroxylation sites is 1. The summed E-state index contributed by atoms with van der Waals surface area (Å²) in [7, 11) is 0. The maximum Gasteiger partial charge on any atom is 0.0690 e. The fourth-order valence-corrected chi connectivity index (χ4v) is 1.82. The van der Waals surface area contributed by atoms with Gasteiger partial charge < -0.3 is 5.32 Å². The predicted molar refractivity (Wildman–Crippen MR) is 75.1 cm³/mol. The van der Waals surface area contributed by atoms with Crippen molar-refractivity contribution in [3.8, 4) is 5.69 Å². The van der Waals surface area contributed by atoms with Crippen LogP contribution < -0.4 is 5.32 Å². The van der Waals surface area contributed by atoms with Gasteiger partial charge in [0.1, 0.15) is 0 Å². The summed E-state index contributed by atoms with van der Waals surface area (Å²) in [4.78, 5) is 0. The molecule has 0 bridgehead atoms. The summed E-state index contributed by atoms with van der Waals surface area (Å²) in [6.45, 7) is 1.26. The zero-order valence-corrected chi connectivity index (χ0v) is 11.2. The molecular formula is C13H13Cl2N3. The molecule has 94 valence electrons. The van der Waals surface area contributed by atoms with E-state index in [2.05, 4.69) is 16.5 Å². The zero-order valence-electron chi connectivity index (χ0n) is 9.68. The van der Waals surface area contributed by atoms with Gasteiger partial charge in [-0.15, -0.1) is 0 Å². The SMILES string of the molecule is ClC=C(Cl)CNCc1ccccc1-n1cccn1. The predicted octanol–water partition coefficient (Wildman–Crippen LogP) is 3.28. The summed E-state index contributed by atoms with van der Waals surface area (Å²) < 4.78 is 1.84. The lowest BCUT2D eigenvalue weighted by molar-refractivity contribution is 0.741. The van der Waals surface area contributed by atoms with Gasteiger partial charge in [0.25, 0.3) is 0 Å². The molecule has 2 rings (SSSR count). The van der Waals surface area contributed by atoms with Gasteiger partial charge in [-0.1, -0.05) is 41.4 Å².